The average Bonchev–Trinajstić information content (AvgIpc) is 2.55. The van der Waals surface area contributed by atoms with E-state index in [2.05, 4.69) is 5.32 Å². The molecule has 1 aliphatic heterocycles. The van der Waals surface area contributed by atoms with Crippen molar-refractivity contribution in [1.82, 2.24) is 0 Å². The first kappa shape index (κ1) is 19.5. The second-order valence-corrected chi connectivity index (χ2v) is 6.25. The molecule has 10 heteroatoms. The summed E-state index contributed by atoms with van der Waals surface area (Å²) in [6.45, 7) is 1.37. The van der Waals surface area contributed by atoms with Crippen LogP contribution in [0.2, 0.25) is 0 Å². The van der Waals surface area contributed by atoms with Crippen molar-refractivity contribution in [3.8, 4) is 5.75 Å². The highest BCUT2D eigenvalue weighted by Crippen LogP contribution is 2.33. The summed E-state index contributed by atoms with van der Waals surface area (Å²) < 4.78 is 10.6. The Bertz CT molecular complexity index is 654. The summed E-state index contributed by atoms with van der Waals surface area (Å²) >= 11 is 1.29. The molecule has 1 aliphatic rings. The summed E-state index contributed by atoms with van der Waals surface area (Å²) in [6.07, 6.45) is -6.63. The molecule has 25 heavy (non-hydrogen) atoms. The van der Waals surface area contributed by atoms with E-state index in [0.29, 0.717) is 10.6 Å². The minimum absolute atomic E-state index is 0.242. The van der Waals surface area contributed by atoms with E-state index < -0.39 is 36.7 Å². The Hall–Kier alpha value is -1.85. The van der Waals surface area contributed by atoms with Gasteiger partial charge in [0.15, 0.2) is 6.10 Å². The molecule has 9 nitrogen and oxygen atoms in total. The fraction of sp³-hybridized carbons (Fsp3) is 0.467. The van der Waals surface area contributed by atoms with E-state index in [1.165, 1.54) is 24.8 Å². The van der Waals surface area contributed by atoms with E-state index >= 15 is 0 Å². The van der Waals surface area contributed by atoms with Crippen molar-refractivity contribution in [2.75, 3.05) is 11.6 Å². The molecule has 0 radical (unpaired) electrons. The number of aliphatic hydroxyl groups is 3. The van der Waals surface area contributed by atoms with Crippen molar-refractivity contribution in [2.24, 2.45) is 0 Å². The second-order valence-electron chi connectivity index (χ2n) is 5.40. The Morgan fingerprint density at radius 1 is 1.20 bits per heavy atom. The molecule has 1 aromatic carbocycles. The van der Waals surface area contributed by atoms with Gasteiger partial charge in [0, 0.05) is 12.6 Å². The van der Waals surface area contributed by atoms with Gasteiger partial charge in [-0.15, -0.1) is 11.8 Å². The van der Waals surface area contributed by atoms with Crippen LogP contribution >= 0.6 is 11.8 Å². The van der Waals surface area contributed by atoms with Gasteiger partial charge in [-0.1, -0.05) is 0 Å². The average molecular weight is 373 g/mol. The van der Waals surface area contributed by atoms with Gasteiger partial charge < -0.3 is 35.2 Å². The third-order valence-electron chi connectivity index (χ3n) is 3.54. The standard InChI is InChI=1S/C15H19NO8S/c1-6(17)16-7-3-4-8(9(5-7)25-2)23-15-12(20)10(18)11(19)13(24-15)14(21)22/h3-5,10-13,15,18-20H,1-2H3,(H,16,17)(H,21,22)/t10-,11-,12+,13-,15+/m0/s1. The molecule has 0 spiro atoms. The number of anilines is 1. The lowest BCUT2D eigenvalue weighted by atomic mass is 9.99. The van der Waals surface area contributed by atoms with E-state index in [9.17, 15) is 24.9 Å². The quantitative estimate of drug-likeness (QED) is 0.437. The first-order chi connectivity index (χ1) is 11.7. The second kappa shape index (κ2) is 8.02. The third-order valence-corrected chi connectivity index (χ3v) is 4.30. The number of carbonyl (C=O) groups excluding carboxylic acids is 1. The minimum atomic E-state index is -1.78. The highest BCUT2D eigenvalue weighted by atomic mass is 32.2. The van der Waals surface area contributed by atoms with Crippen LogP contribution in [0.3, 0.4) is 0 Å². The van der Waals surface area contributed by atoms with Gasteiger partial charge in [-0.3, -0.25) is 4.79 Å². The van der Waals surface area contributed by atoms with Crippen LogP contribution in [0, 0.1) is 0 Å². The molecule has 1 fully saturated rings. The third kappa shape index (κ3) is 4.41. The lowest BCUT2D eigenvalue weighted by Gasteiger charge is -2.38. The predicted octanol–water partition coefficient (Wildman–Crippen LogP) is -0.362. The van der Waals surface area contributed by atoms with E-state index in [1.54, 1.807) is 18.4 Å². The molecule has 1 amide bonds. The number of nitrogens with one attached hydrogen (secondary N) is 1. The van der Waals surface area contributed by atoms with Gasteiger partial charge in [-0.2, -0.15) is 0 Å². The summed E-state index contributed by atoms with van der Waals surface area (Å²) in [6, 6.07) is 4.71. The van der Waals surface area contributed by atoms with E-state index in [0.717, 1.165) is 0 Å². The summed E-state index contributed by atoms with van der Waals surface area (Å²) in [4.78, 5) is 22.8. The maximum absolute atomic E-state index is 11.1. The van der Waals surface area contributed by atoms with Crippen molar-refractivity contribution in [1.29, 1.82) is 0 Å². The highest BCUT2D eigenvalue weighted by molar-refractivity contribution is 7.98. The van der Waals surface area contributed by atoms with Crippen LogP contribution in [0.25, 0.3) is 0 Å². The lowest BCUT2D eigenvalue weighted by molar-refractivity contribution is -0.271. The topological polar surface area (TPSA) is 146 Å². The van der Waals surface area contributed by atoms with Crippen LogP contribution in [-0.4, -0.2) is 69.3 Å². The molecular formula is C15H19NO8S. The molecule has 1 saturated heterocycles. The van der Waals surface area contributed by atoms with Crippen LogP contribution in [0.5, 0.6) is 5.75 Å². The van der Waals surface area contributed by atoms with Crippen LogP contribution in [-0.2, 0) is 14.3 Å². The number of thioether (sulfide) groups is 1. The fourth-order valence-electron chi connectivity index (χ4n) is 2.32. The number of hydrogen-bond acceptors (Lipinski definition) is 8. The number of carboxylic acids is 1. The maximum Gasteiger partial charge on any atom is 0.335 e. The number of aliphatic hydroxyl groups excluding tert-OH is 3. The number of carboxylic acid groups (broad SMARTS) is 1. The van der Waals surface area contributed by atoms with Gasteiger partial charge in [-0.05, 0) is 24.5 Å². The first-order valence-electron chi connectivity index (χ1n) is 7.29. The number of ether oxygens (including phenoxy) is 2. The monoisotopic (exact) mass is 373 g/mol. The maximum atomic E-state index is 11.1. The van der Waals surface area contributed by atoms with E-state index in [1.807, 2.05) is 0 Å². The Labute approximate surface area is 147 Å². The highest BCUT2D eigenvalue weighted by Gasteiger charge is 2.48. The van der Waals surface area contributed by atoms with Gasteiger partial charge >= 0.3 is 5.97 Å². The first-order valence-corrected chi connectivity index (χ1v) is 8.51. The molecule has 0 bridgehead atoms. The van der Waals surface area contributed by atoms with Gasteiger partial charge in [0.2, 0.25) is 12.2 Å². The number of hydrogen-bond donors (Lipinski definition) is 5. The van der Waals surface area contributed by atoms with Crippen LogP contribution < -0.4 is 10.1 Å². The molecule has 1 heterocycles. The summed E-state index contributed by atoms with van der Waals surface area (Å²) in [7, 11) is 0. The summed E-state index contributed by atoms with van der Waals surface area (Å²) in [5, 5.41) is 41.1. The zero-order chi connectivity index (χ0) is 18.7. The molecular weight excluding hydrogens is 354 g/mol. The van der Waals surface area contributed by atoms with E-state index in [-0.39, 0.29) is 11.7 Å². The smallest absolute Gasteiger partial charge is 0.335 e. The summed E-state index contributed by atoms with van der Waals surface area (Å²) in [5.74, 6) is -1.47. The van der Waals surface area contributed by atoms with Crippen molar-refractivity contribution < 1.29 is 39.5 Å². The fourth-order valence-corrected chi connectivity index (χ4v) is 2.88. The zero-order valence-electron chi connectivity index (χ0n) is 13.4. The number of rotatable bonds is 5. The van der Waals surface area contributed by atoms with Gasteiger partial charge in [-0.25, -0.2) is 4.79 Å². The van der Waals surface area contributed by atoms with Crippen molar-refractivity contribution in [3.63, 3.8) is 0 Å². The molecule has 2 rings (SSSR count). The molecule has 0 unspecified atom stereocenters. The van der Waals surface area contributed by atoms with Crippen molar-refractivity contribution in [2.45, 2.75) is 42.5 Å². The van der Waals surface area contributed by atoms with Crippen LogP contribution in [0.1, 0.15) is 6.92 Å². The SMILES string of the molecule is CSc1cc(NC(C)=O)ccc1O[C@@H]1O[C@H](C(=O)O)[C@@H](O)[C@H](O)[C@H]1O. The Morgan fingerprint density at radius 3 is 2.44 bits per heavy atom. The number of benzene rings is 1. The zero-order valence-corrected chi connectivity index (χ0v) is 14.3. The van der Waals surface area contributed by atoms with Gasteiger partial charge in [0.25, 0.3) is 0 Å². The van der Waals surface area contributed by atoms with Crippen LogP contribution in [0.4, 0.5) is 5.69 Å². The molecule has 5 N–H and O–H groups in total. The Kier molecular flexibility index (Phi) is 6.25. The van der Waals surface area contributed by atoms with Crippen molar-refractivity contribution >= 4 is 29.3 Å². The normalized spacial score (nSPS) is 29.1. The largest absolute Gasteiger partial charge is 0.479 e. The molecule has 0 saturated carbocycles. The minimum Gasteiger partial charge on any atom is -0.479 e. The number of aliphatic carboxylic acids is 1. The Balaban J connectivity index is 2.22. The van der Waals surface area contributed by atoms with Gasteiger partial charge in [0.05, 0.1) is 4.90 Å². The Morgan fingerprint density at radius 2 is 1.88 bits per heavy atom. The molecule has 0 aliphatic carbocycles. The molecule has 5 atom stereocenters. The van der Waals surface area contributed by atoms with E-state index in [4.69, 9.17) is 14.6 Å². The molecule has 1 aromatic rings. The summed E-state index contributed by atoms with van der Waals surface area (Å²) in [5.41, 5.74) is 0.535. The van der Waals surface area contributed by atoms with Crippen molar-refractivity contribution in [3.05, 3.63) is 18.2 Å². The molecule has 138 valence electrons. The lowest BCUT2D eigenvalue weighted by Crippen LogP contribution is -2.61. The number of carbonyl (C=O) groups is 2. The predicted molar refractivity (Wildman–Crippen MR) is 87.5 cm³/mol. The number of amides is 1. The van der Waals surface area contributed by atoms with Crippen LogP contribution in [0.15, 0.2) is 23.1 Å². The van der Waals surface area contributed by atoms with Gasteiger partial charge in [0.1, 0.15) is 24.1 Å². The molecule has 0 aromatic heterocycles.